The Balaban J connectivity index is 1.57. The zero-order valence-corrected chi connectivity index (χ0v) is 16.7. The highest BCUT2D eigenvalue weighted by atomic mass is 79.9. The van der Waals surface area contributed by atoms with Crippen molar-refractivity contribution in [3.05, 3.63) is 57.5 Å². The fraction of sp³-hybridized carbons (Fsp3) is 0.263. The molecule has 0 radical (unpaired) electrons. The second kappa shape index (κ2) is 8.10. The van der Waals surface area contributed by atoms with Crippen molar-refractivity contribution in [1.82, 2.24) is 4.90 Å². The molecular weight excluding hydrogens is 418 g/mol. The molecule has 7 heteroatoms. The Labute approximate surface area is 166 Å². The van der Waals surface area contributed by atoms with Gasteiger partial charge in [-0.25, -0.2) is 0 Å². The number of hydrogen-bond acceptors (Lipinski definition) is 3. The molecule has 0 spiro atoms. The van der Waals surface area contributed by atoms with Gasteiger partial charge in [-0.1, -0.05) is 33.6 Å². The van der Waals surface area contributed by atoms with Crippen LogP contribution < -0.4 is 10.2 Å². The molecule has 1 fully saturated rings. The average molecular weight is 437 g/mol. The molecule has 5 nitrogen and oxygen atoms in total. The molecule has 136 valence electrons. The van der Waals surface area contributed by atoms with E-state index < -0.39 is 11.8 Å². The summed E-state index contributed by atoms with van der Waals surface area (Å²) in [5.74, 6) is -1.11. The lowest BCUT2D eigenvalue weighted by Gasteiger charge is -2.35. The summed E-state index contributed by atoms with van der Waals surface area (Å²) in [6.07, 6.45) is 0. The van der Waals surface area contributed by atoms with Gasteiger partial charge in [0.2, 0.25) is 0 Å². The first kappa shape index (κ1) is 18.7. The number of carbonyl (C=O) groups excluding carboxylic acids is 2. The average Bonchev–Trinajstić information content (AvgIpc) is 2.64. The number of nitrogens with one attached hydrogen (secondary N) is 1. The number of rotatable bonds is 2. The number of nitrogens with zero attached hydrogens (tertiary/aromatic N) is 2. The van der Waals surface area contributed by atoms with E-state index in [1.54, 1.807) is 11.0 Å². The van der Waals surface area contributed by atoms with Gasteiger partial charge in [-0.05, 0) is 48.9 Å². The SMILES string of the molecule is Cc1cc(NC(=O)C(=O)N2CCN(c3cccc(Cl)c3)CC2)ccc1Br. The Hall–Kier alpha value is -2.05. The summed E-state index contributed by atoms with van der Waals surface area (Å²) in [6, 6.07) is 13.1. The number of piperazine rings is 1. The highest BCUT2D eigenvalue weighted by molar-refractivity contribution is 9.10. The summed E-state index contributed by atoms with van der Waals surface area (Å²) in [5, 5.41) is 3.36. The first-order chi connectivity index (χ1) is 12.4. The van der Waals surface area contributed by atoms with Crippen LogP contribution in [0.15, 0.2) is 46.9 Å². The zero-order valence-electron chi connectivity index (χ0n) is 14.3. The van der Waals surface area contributed by atoms with Crippen LogP contribution in [0.3, 0.4) is 0 Å². The molecule has 2 aromatic rings. The van der Waals surface area contributed by atoms with E-state index >= 15 is 0 Å². The van der Waals surface area contributed by atoms with E-state index in [9.17, 15) is 9.59 Å². The maximum absolute atomic E-state index is 12.4. The number of halogens is 2. The van der Waals surface area contributed by atoms with Crippen LogP contribution in [0.4, 0.5) is 11.4 Å². The van der Waals surface area contributed by atoms with Crippen LogP contribution in [0.2, 0.25) is 5.02 Å². The van der Waals surface area contributed by atoms with E-state index in [4.69, 9.17) is 11.6 Å². The molecule has 26 heavy (non-hydrogen) atoms. The lowest BCUT2D eigenvalue weighted by molar-refractivity contribution is -0.143. The van der Waals surface area contributed by atoms with E-state index in [0.29, 0.717) is 36.9 Å². The molecule has 0 aliphatic carbocycles. The Morgan fingerprint density at radius 1 is 1.08 bits per heavy atom. The Morgan fingerprint density at radius 3 is 2.46 bits per heavy atom. The van der Waals surface area contributed by atoms with Crippen LogP contribution in [0.1, 0.15) is 5.56 Å². The van der Waals surface area contributed by atoms with E-state index in [2.05, 4.69) is 26.1 Å². The van der Waals surface area contributed by atoms with Gasteiger partial charge in [0, 0.05) is 47.0 Å². The molecule has 1 aliphatic rings. The van der Waals surface area contributed by atoms with Gasteiger partial charge in [0.25, 0.3) is 0 Å². The summed E-state index contributed by atoms with van der Waals surface area (Å²) in [7, 11) is 0. The minimum absolute atomic E-state index is 0.498. The van der Waals surface area contributed by atoms with Crippen LogP contribution in [0.5, 0.6) is 0 Å². The Bertz CT molecular complexity index is 835. The van der Waals surface area contributed by atoms with E-state index in [0.717, 1.165) is 15.7 Å². The van der Waals surface area contributed by atoms with Gasteiger partial charge in [-0.15, -0.1) is 0 Å². The molecule has 0 aromatic heterocycles. The molecule has 2 aromatic carbocycles. The van der Waals surface area contributed by atoms with Gasteiger partial charge >= 0.3 is 11.8 Å². The van der Waals surface area contributed by atoms with Gasteiger partial charge < -0.3 is 15.1 Å². The lowest BCUT2D eigenvalue weighted by atomic mass is 10.2. The number of hydrogen-bond donors (Lipinski definition) is 1. The van der Waals surface area contributed by atoms with Gasteiger partial charge in [0.1, 0.15) is 0 Å². The molecule has 0 saturated carbocycles. The van der Waals surface area contributed by atoms with Gasteiger partial charge in [-0.3, -0.25) is 9.59 Å². The summed E-state index contributed by atoms with van der Waals surface area (Å²) in [4.78, 5) is 28.4. The van der Waals surface area contributed by atoms with Crippen molar-refractivity contribution in [2.24, 2.45) is 0 Å². The lowest BCUT2D eigenvalue weighted by Crippen LogP contribution is -2.51. The van der Waals surface area contributed by atoms with E-state index in [1.165, 1.54) is 0 Å². The summed E-state index contributed by atoms with van der Waals surface area (Å²) in [6.45, 7) is 4.25. The predicted octanol–water partition coefficient (Wildman–Crippen LogP) is 3.70. The maximum atomic E-state index is 12.4. The smallest absolute Gasteiger partial charge is 0.313 e. The minimum atomic E-state index is -0.608. The third kappa shape index (κ3) is 4.37. The molecular formula is C19H19BrClN3O2. The molecule has 2 amide bonds. The number of anilines is 2. The second-order valence-corrected chi connectivity index (χ2v) is 7.47. The van der Waals surface area contributed by atoms with Crippen molar-refractivity contribution in [3.8, 4) is 0 Å². The quantitative estimate of drug-likeness (QED) is 0.731. The highest BCUT2D eigenvalue weighted by Crippen LogP contribution is 2.22. The molecule has 0 atom stereocenters. The molecule has 1 N–H and O–H groups in total. The predicted molar refractivity (Wildman–Crippen MR) is 108 cm³/mol. The Morgan fingerprint density at radius 2 is 1.81 bits per heavy atom. The van der Waals surface area contributed by atoms with Crippen molar-refractivity contribution in [2.75, 3.05) is 36.4 Å². The fourth-order valence-corrected chi connectivity index (χ4v) is 3.32. The zero-order chi connectivity index (χ0) is 18.7. The summed E-state index contributed by atoms with van der Waals surface area (Å²) >= 11 is 9.45. The molecule has 1 heterocycles. The molecule has 1 saturated heterocycles. The van der Waals surface area contributed by atoms with Crippen LogP contribution in [-0.2, 0) is 9.59 Å². The molecule has 0 bridgehead atoms. The molecule has 0 unspecified atom stereocenters. The topological polar surface area (TPSA) is 52.7 Å². The van der Waals surface area contributed by atoms with Crippen LogP contribution in [-0.4, -0.2) is 42.9 Å². The third-order valence-corrected chi connectivity index (χ3v) is 5.48. The van der Waals surface area contributed by atoms with Crippen LogP contribution >= 0.6 is 27.5 Å². The molecule has 3 rings (SSSR count). The van der Waals surface area contributed by atoms with Crippen molar-refractivity contribution in [1.29, 1.82) is 0 Å². The van der Waals surface area contributed by atoms with Crippen molar-refractivity contribution >= 4 is 50.7 Å². The summed E-state index contributed by atoms with van der Waals surface area (Å²) in [5.41, 5.74) is 2.63. The second-order valence-electron chi connectivity index (χ2n) is 6.18. The Kier molecular flexibility index (Phi) is 5.84. The standard InChI is InChI=1S/C19H19BrClN3O2/c1-13-11-15(5-6-17(13)20)22-18(25)19(26)24-9-7-23(8-10-24)16-4-2-3-14(21)12-16/h2-6,11-12H,7-10H2,1H3,(H,22,25). The monoisotopic (exact) mass is 435 g/mol. The highest BCUT2D eigenvalue weighted by Gasteiger charge is 2.26. The minimum Gasteiger partial charge on any atom is -0.368 e. The van der Waals surface area contributed by atoms with Gasteiger partial charge in [0.05, 0.1) is 0 Å². The van der Waals surface area contributed by atoms with Gasteiger partial charge in [0.15, 0.2) is 0 Å². The number of amides is 2. The number of benzene rings is 2. The normalized spacial score (nSPS) is 14.3. The van der Waals surface area contributed by atoms with Crippen LogP contribution in [0.25, 0.3) is 0 Å². The van der Waals surface area contributed by atoms with E-state index in [-0.39, 0.29) is 0 Å². The first-order valence-corrected chi connectivity index (χ1v) is 9.48. The van der Waals surface area contributed by atoms with Crippen molar-refractivity contribution in [3.63, 3.8) is 0 Å². The largest absolute Gasteiger partial charge is 0.368 e. The fourth-order valence-electron chi connectivity index (χ4n) is 2.89. The van der Waals surface area contributed by atoms with Crippen molar-refractivity contribution in [2.45, 2.75) is 6.92 Å². The van der Waals surface area contributed by atoms with E-state index in [1.807, 2.05) is 43.3 Å². The number of aryl methyl sites for hydroxylation is 1. The molecule has 1 aliphatic heterocycles. The number of carbonyl (C=O) groups is 2. The van der Waals surface area contributed by atoms with Gasteiger partial charge in [-0.2, -0.15) is 0 Å². The van der Waals surface area contributed by atoms with Crippen LogP contribution in [0, 0.1) is 6.92 Å². The summed E-state index contributed by atoms with van der Waals surface area (Å²) < 4.78 is 0.957. The first-order valence-electron chi connectivity index (χ1n) is 8.31. The maximum Gasteiger partial charge on any atom is 0.313 e. The van der Waals surface area contributed by atoms with Crippen molar-refractivity contribution < 1.29 is 9.59 Å². The third-order valence-electron chi connectivity index (χ3n) is 4.35.